The summed E-state index contributed by atoms with van der Waals surface area (Å²) < 4.78 is 18.9. The predicted octanol–water partition coefficient (Wildman–Crippen LogP) is 1.77. The van der Waals surface area contributed by atoms with Gasteiger partial charge in [0.2, 0.25) is 0 Å². The third kappa shape index (κ3) is 2.64. The number of nitrogens with zero attached hydrogens (tertiary/aromatic N) is 1. The summed E-state index contributed by atoms with van der Waals surface area (Å²) in [6, 6.07) is 3.45. The van der Waals surface area contributed by atoms with Gasteiger partial charge in [-0.2, -0.15) is 0 Å². The summed E-state index contributed by atoms with van der Waals surface area (Å²) in [6.07, 6.45) is 0. The second kappa shape index (κ2) is 5.67. The van der Waals surface area contributed by atoms with Crippen LogP contribution in [0.4, 0.5) is 4.39 Å². The van der Waals surface area contributed by atoms with Gasteiger partial charge in [0.15, 0.2) is 0 Å². The third-order valence-electron chi connectivity index (χ3n) is 2.85. The van der Waals surface area contributed by atoms with E-state index in [1.165, 1.54) is 12.1 Å². The lowest BCUT2D eigenvalue weighted by Crippen LogP contribution is -2.49. The highest BCUT2D eigenvalue weighted by Crippen LogP contribution is 2.19. The van der Waals surface area contributed by atoms with Gasteiger partial charge in [0.25, 0.3) is 5.91 Å². The molecule has 1 amide bonds. The lowest BCUT2D eigenvalue weighted by Gasteiger charge is -2.34. The van der Waals surface area contributed by atoms with E-state index in [-0.39, 0.29) is 23.3 Å². The van der Waals surface area contributed by atoms with E-state index in [0.717, 1.165) is 6.07 Å². The molecule has 1 aliphatic heterocycles. The number of amides is 1. The molecule has 1 atom stereocenters. The zero-order valence-corrected chi connectivity index (χ0v) is 11.2. The number of phenolic OH excluding ortho intramolecular Hbond substituents is 1. The van der Waals surface area contributed by atoms with E-state index in [0.29, 0.717) is 25.1 Å². The standard InChI is InChI=1S/C12H13BrFNO3/c13-6-8-7-18-4-3-15(8)12(17)10-2-1-9(16)5-11(10)14/h1-2,5,8,16H,3-4,6-7H2. The maximum atomic E-state index is 13.6. The minimum absolute atomic E-state index is 0.0272. The number of aromatic hydroxyl groups is 1. The number of morpholine rings is 1. The van der Waals surface area contributed by atoms with Crippen molar-refractivity contribution >= 4 is 21.8 Å². The molecule has 2 rings (SSSR count). The maximum Gasteiger partial charge on any atom is 0.257 e. The molecule has 0 radical (unpaired) electrons. The molecule has 18 heavy (non-hydrogen) atoms. The number of phenols is 1. The molecule has 1 aliphatic rings. The highest BCUT2D eigenvalue weighted by atomic mass is 79.9. The van der Waals surface area contributed by atoms with Gasteiger partial charge in [-0.15, -0.1) is 0 Å². The summed E-state index contributed by atoms with van der Waals surface area (Å²) >= 11 is 3.31. The molecule has 0 aliphatic carbocycles. The van der Waals surface area contributed by atoms with Crippen molar-refractivity contribution in [3.63, 3.8) is 0 Å². The van der Waals surface area contributed by atoms with Crippen molar-refractivity contribution in [1.29, 1.82) is 0 Å². The Bertz CT molecular complexity index is 455. The topological polar surface area (TPSA) is 49.8 Å². The van der Waals surface area contributed by atoms with Crippen LogP contribution in [0.5, 0.6) is 5.75 Å². The number of hydrogen-bond donors (Lipinski definition) is 1. The van der Waals surface area contributed by atoms with Crippen molar-refractivity contribution in [2.24, 2.45) is 0 Å². The molecule has 0 spiro atoms. The number of carbonyl (C=O) groups is 1. The van der Waals surface area contributed by atoms with Crippen LogP contribution in [0, 0.1) is 5.82 Å². The van der Waals surface area contributed by atoms with Gasteiger partial charge >= 0.3 is 0 Å². The Morgan fingerprint density at radius 3 is 3.06 bits per heavy atom. The van der Waals surface area contributed by atoms with E-state index in [1.807, 2.05) is 0 Å². The molecule has 1 aromatic carbocycles. The summed E-state index contributed by atoms with van der Waals surface area (Å²) in [6.45, 7) is 1.33. The number of hydrogen-bond acceptors (Lipinski definition) is 3. The van der Waals surface area contributed by atoms with Gasteiger partial charge in [-0.05, 0) is 12.1 Å². The smallest absolute Gasteiger partial charge is 0.257 e. The maximum absolute atomic E-state index is 13.6. The molecule has 1 unspecified atom stereocenters. The minimum Gasteiger partial charge on any atom is -0.508 e. The van der Waals surface area contributed by atoms with Crippen LogP contribution in [0.25, 0.3) is 0 Å². The quantitative estimate of drug-likeness (QED) is 0.846. The second-order valence-corrected chi connectivity index (χ2v) is 4.69. The zero-order valence-electron chi connectivity index (χ0n) is 9.60. The van der Waals surface area contributed by atoms with E-state index in [9.17, 15) is 9.18 Å². The van der Waals surface area contributed by atoms with Crippen LogP contribution in [0.3, 0.4) is 0 Å². The normalized spacial score (nSPS) is 19.9. The van der Waals surface area contributed by atoms with Gasteiger partial charge in [0, 0.05) is 17.9 Å². The fourth-order valence-corrected chi connectivity index (χ4v) is 2.42. The van der Waals surface area contributed by atoms with Crippen molar-refractivity contribution in [1.82, 2.24) is 4.90 Å². The van der Waals surface area contributed by atoms with Gasteiger partial charge in [0.05, 0.1) is 24.8 Å². The van der Waals surface area contributed by atoms with Crippen LogP contribution in [0.15, 0.2) is 18.2 Å². The summed E-state index contributed by atoms with van der Waals surface area (Å²) in [7, 11) is 0. The number of rotatable bonds is 2. The molecule has 1 heterocycles. The number of carbonyl (C=O) groups excluding carboxylic acids is 1. The van der Waals surface area contributed by atoms with Crippen LogP contribution in [-0.4, -0.2) is 47.0 Å². The van der Waals surface area contributed by atoms with Crippen LogP contribution in [-0.2, 0) is 4.74 Å². The monoisotopic (exact) mass is 317 g/mol. The summed E-state index contributed by atoms with van der Waals surface area (Å²) in [4.78, 5) is 13.8. The van der Waals surface area contributed by atoms with Gasteiger partial charge in [-0.25, -0.2) is 4.39 Å². The Labute approximate surface area is 112 Å². The number of alkyl halides is 1. The van der Waals surface area contributed by atoms with Gasteiger partial charge in [-0.3, -0.25) is 4.79 Å². The van der Waals surface area contributed by atoms with Crippen LogP contribution < -0.4 is 0 Å². The molecule has 1 aromatic rings. The molecular formula is C12H13BrFNO3. The Kier molecular flexibility index (Phi) is 4.19. The van der Waals surface area contributed by atoms with Gasteiger partial charge in [0.1, 0.15) is 11.6 Å². The largest absolute Gasteiger partial charge is 0.508 e. The average molecular weight is 318 g/mol. The summed E-state index contributed by atoms with van der Waals surface area (Å²) in [5, 5.41) is 9.72. The predicted molar refractivity (Wildman–Crippen MR) is 67.5 cm³/mol. The van der Waals surface area contributed by atoms with Crippen LogP contribution in [0.2, 0.25) is 0 Å². The Morgan fingerprint density at radius 2 is 2.39 bits per heavy atom. The van der Waals surface area contributed by atoms with Crippen molar-refractivity contribution in [3.05, 3.63) is 29.6 Å². The lowest BCUT2D eigenvalue weighted by atomic mass is 10.1. The highest BCUT2D eigenvalue weighted by Gasteiger charge is 2.28. The first kappa shape index (κ1) is 13.3. The molecule has 4 nitrogen and oxygen atoms in total. The third-order valence-corrected chi connectivity index (χ3v) is 3.60. The first-order chi connectivity index (χ1) is 8.63. The Morgan fingerprint density at radius 1 is 1.61 bits per heavy atom. The van der Waals surface area contributed by atoms with Crippen molar-refractivity contribution < 1.29 is 19.0 Å². The summed E-state index contributed by atoms with van der Waals surface area (Å²) in [5.41, 5.74) is -0.0272. The second-order valence-electron chi connectivity index (χ2n) is 4.05. The van der Waals surface area contributed by atoms with Crippen LogP contribution >= 0.6 is 15.9 Å². The highest BCUT2D eigenvalue weighted by molar-refractivity contribution is 9.09. The number of ether oxygens (including phenoxy) is 1. The first-order valence-electron chi connectivity index (χ1n) is 5.56. The molecule has 98 valence electrons. The molecule has 0 aromatic heterocycles. The van der Waals surface area contributed by atoms with Crippen molar-refractivity contribution in [3.8, 4) is 5.75 Å². The van der Waals surface area contributed by atoms with Crippen LogP contribution in [0.1, 0.15) is 10.4 Å². The zero-order chi connectivity index (χ0) is 13.1. The number of halogens is 2. The Balaban J connectivity index is 2.24. The van der Waals surface area contributed by atoms with E-state index in [1.54, 1.807) is 4.90 Å². The van der Waals surface area contributed by atoms with E-state index in [4.69, 9.17) is 9.84 Å². The van der Waals surface area contributed by atoms with E-state index < -0.39 is 5.82 Å². The molecule has 1 saturated heterocycles. The molecule has 0 bridgehead atoms. The molecule has 0 saturated carbocycles. The number of benzene rings is 1. The molecular weight excluding hydrogens is 305 g/mol. The SMILES string of the molecule is O=C(c1ccc(O)cc1F)N1CCOCC1CBr. The van der Waals surface area contributed by atoms with Gasteiger partial charge < -0.3 is 14.7 Å². The summed E-state index contributed by atoms with van der Waals surface area (Å²) in [5.74, 6) is -1.27. The molecule has 1 N–H and O–H groups in total. The molecule has 1 fully saturated rings. The van der Waals surface area contributed by atoms with Crippen molar-refractivity contribution in [2.45, 2.75) is 6.04 Å². The minimum atomic E-state index is -0.709. The first-order valence-corrected chi connectivity index (χ1v) is 6.69. The fourth-order valence-electron chi connectivity index (χ4n) is 1.88. The van der Waals surface area contributed by atoms with E-state index in [2.05, 4.69) is 15.9 Å². The Hall–Kier alpha value is -1.14. The molecule has 6 heteroatoms. The van der Waals surface area contributed by atoms with Crippen molar-refractivity contribution in [2.75, 3.05) is 25.1 Å². The average Bonchev–Trinajstić information content (AvgIpc) is 2.38. The van der Waals surface area contributed by atoms with Gasteiger partial charge in [-0.1, -0.05) is 15.9 Å². The lowest BCUT2D eigenvalue weighted by molar-refractivity contribution is 0.00500. The van der Waals surface area contributed by atoms with E-state index >= 15 is 0 Å². The fraction of sp³-hybridized carbons (Fsp3) is 0.417.